The minimum atomic E-state index is -0.333. The topological polar surface area (TPSA) is 46.6 Å². The lowest BCUT2D eigenvalue weighted by atomic mass is 10.1. The molecule has 0 heterocycles. The fourth-order valence-corrected chi connectivity index (χ4v) is 3.33. The zero-order chi connectivity index (χ0) is 21.3. The second-order valence-corrected chi connectivity index (χ2v) is 8.01. The predicted octanol–water partition coefficient (Wildman–Crippen LogP) is 6.18. The molecule has 0 saturated carbocycles. The molecule has 4 nitrogen and oxygen atoms in total. The van der Waals surface area contributed by atoms with Crippen LogP contribution in [0.4, 0.5) is 0 Å². The summed E-state index contributed by atoms with van der Waals surface area (Å²) in [4.78, 5) is 25.9. The van der Waals surface area contributed by atoms with E-state index >= 15 is 0 Å². The van der Waals surface area contributed by atoms with Crippen LogP contribution in [0.3, 0.4) is 0 Å². The molecule has 0 spiro atoms. The number of rotatable bonds is 16. The van der Waals surface area contributed by atoms with Gasteiger partial charge >= 0.3 is 5.97 Å². The number of esters is 1. The Morgan fingerprint density at radius 1 is 0.793 bits per heavy atom. The smallest absolute Gasteiger partial charge is 0.325 e. The van der Waals surface area contributed by atoms with Crippen LogP contribution in [-0.2, 0) is 16.0 Å². The summed E-state index contributed by atoms with van der Waals surface area (Å²) in [6, 6.07) is 7.69. The summed E-state index contributed by atoms with van der Waals surface area (Å²) >= 11 is 0. The van der Waals surface area contributed by atoms with Crippen molar-refractivity contribution >= 4 is 11.9 Å². The Morgan fingerprint density at radius 2 is 1.34 bits per heavy atom. The van der Waals surface area contributed by atoms with Crippen molar-refractivity contribution in [3.63, 3.8) is 0 Å². The molecule has 0 aliphatic heterocycles. The van der Waals surface area contributed by atoms with Crippen molar-refractivity contribution in [1.29, 1.82) is 0 Å². The highest BCUT2D eigenvalue weighted by Crippen LogP contribution is 2.11. The molecular formula is C25H41NO3. The molecule has 1 aromatic rings. The largest absolute Gasteiger partial charge is 0.464 e. The molecule has 29 heavy (non-hydrogen) atoms. The molecule has 0 N–H and O–H groups in total. The first-order chi connectivity index (χ1) is 14.1. The van der Waals surface area contributed by atoms with Gasteiger partial charge in [-0.1, -0.05) is 83.8 Å². The van der Waals surface area contributed by atoms with Crippen molar-refractivity contribution in [3.8, 4) is 0 Å². The lowest BCUT2D eigenvalue weighted by Crippen LogP contribution is -2.33. The lowest BCUT2D eigenvalue weighted by Gasteiger charge is -2.16. The molecule has 0 saturated heterocycles. The lowest BCUT2D eigenvalue weighted by molar-refractivity contribution is -0.144. The minimum Gasteiger partial charge on any atom is -0.464 e. The van der Waals surface area contributed by atoms with Crippen LogP contribution in [0.2, 0.25) is 0 Å². The molecule has 4 heteroatoms. The van der Waals surface area contributed by atoms with Crippen molar-refractivity contribution in [2.24, 2.45) is 0 Å². The average molecular weight is 404 g/mol. The van der Waals surface area contributed by atoms with Gasteiger partial charge in [-0.3, -0.25) is 9.59 Å². The normalized spacial score (nSPS) is 10.7. The molecule has 0 unspecified atom stereocenters. The number of carbonyl (C=O) groups excluding carboxylic acids is 2. The molecule has 1 aromatic carbocycles. The van der Waals surface area contributed by atoms with Gasteiger partial charge in [0.05, 0.1) is 6.61 Å². The molecule has 1 amide bonds. The molecule has 0 aromatic heterocycles. The van der Waals surface area contributed by atoms with Crippen LogP contribution in [0.25, 0.3) is 0 Å². The predicted molar refractivity (Wildman–Crippen MR) is 120 cm³/mol. The van der Waals surface area contributed by atoms with E-state index in [9.17, 15) is 9.59 Å². The van der Waals surface area contributed by atoms with Crippen molar-refractivity contribution < 1.29 is 14.3 Å². The Hall–Kier alpha value is -1.84. The van der Waals surface area contributed by atoms with Crippen LogP contribution in [-0.4, -0.2) is 37.0 Å². The van der Waals surface area contributed by atoms with Gasteiger partial charge in [-0.2, -0.15) is 0 Å². The second-order valence-electron chi connectivity index (χ2n) is 8.01. The number of benzene rings is 1. The van der Waals surface area contributed by atoms with Gasteiger partial charge in [-0.25, -0.2) is 0 Å². The fourth-order valence-electron chi connectivity index (χ4n) is 3.33. The summed E-state index contributed by atoms with van der Waals surface area (Å²) in [5, 5.41) is 0. The number of ether oxygens (including phenoxy) is 1. The van der Waals surface area contributed by atoms with Crippen LogP contribution in [0.5, 0.6) is 0 Å². The van der Waals surface area contributed by atoms with Crippen molar-refractivity contribution in [2.45, 2.75) is 90.9 Å². The zero-order valence-electron chi connectivity index (χ0n) is 18.9. The quantitative estimate of drug-likeness (QED) is 0.245. The molecule has 0 bridgehead atoms. The van der Waals surface area contributed by atoms with Gasteiger partial charge in [0, 0.05) is 12.6 Å². The number of amides is 1. The summed E-state index contributed by atoms with van der Waals surface area (Å²) < 4.78 is 5.29. The number of carbonyl (C=O) groups is 2. The molecule has 164 valence electrons. The highest BCUT2D eigenvalue weighted by atomic mass is 16.5. The summed E-state index contributed by atoms with van der Waals surface area (Å²) in [5.41, 5.74) is 1.85. The van der Waals surface area contributed by atoms with Crippen LogP contribution in [0.15, 0.2) is 24.3 Å². The van der Waals surface area contributed by atoms with Crippen molar-refractivity contribution in [3.05, 3.63) is 35.4 Å². The molecule has 0 aliphatic carbocycles. The maximum atomic E-state index is 12.5. The number of hydrogen-bond acceptors (Lipinski definition) is 3. The maximum absolute atomic E-state index is 12.5. The van der Waals surface area contributed by atoms with E-state index in [0.29, 0.717) is 12.2 Å². The van der Waals surface area contributed by atoms with Gasteiger partial charge in [-0.15, -0.1) is 0 Å². The summed E-state index contributed by atoms with van der Waals surface area (Å²) in [6.45, 7) is 4.85. The highest BCUT2D eigenvalue weighted by molar-refractivity contribution is 5.95. The van der Waals surface area contributed by atoms with E-state index < -0.39 is 0 Å². The first-order valence-corrected chi connectivity index (χ1v) is 11.6. The van der Waals surface area contributed by atoms with E-state index in [-0.39, 0.29) is 18.4 Å². The average Bonchev–Trinajstić information content (AvgIpc) is 2.73. The van der Waals surface area contributed by atoms with E-state index in [1.807, 2.05) is 24.3 Å². The molecule has 1 rings (SSSR count). The second kappa shape index (κ2) is 16.0. The van der Waals surface area contributed by atoms with Gasteiger partial charge in [0.1, 0.15) is 6.54 Å². The Bertz CT molecular complexity index is 568. The number of nitrogens with zero attached hydrogens (tertiary/aromatic N) is 1. The Kier molecular flexibility index (Phi) is 13.9. The first kappa shape index (κ1) is 25.2. The Labute approximate surface area is 178 Å². The van der Waals surface area contributed by atoms with Gasteiger partial charge in [0.15, 0.2) is 0 Å². The first-order valence-electron chi connectivity index (χ1n) is 11.6. The van der Waals surface area contributed by atoms with Crippen molar-refractivity contribution in [1.82, 2.24) is 4.90 Å². The third kappa shape index (κ3) is 11.7. The fraction of sp³-hybridized carbons (Fsp3) is 0.680. The van der Waals surface area contributed by atoms with Crippen LogP contribution >= 0.6 is 0 Å². The summed E-state index contributed by atoms with van der Waals surface area (Å²) in [6.07, 6.45) is 14.4. The van der Waals surface area contributed by atoms with Crippen LogP contribution in [0, 0.1) is 0 Å². The molecule has 0 atom stereocenters. The van der Waals surface area contributed by atoms with Gasteiger partial charge in [0.2, 0.25) is 0 Å². The zero-order valence-corrected chi connectivity index (χ0v) is 18.9. The third-order valence-corrected chi connectivity index (χ3v) is 5.24. The van der Waals surface area contributed by atoms with E-state index in [4.69, 9.17) is 4.74 Å². The highest BCUT2D eigenvalue weighted by Gasteiger charge is 2.15. The van der Waals surface area contributed by atoms with Gasteiger partial charge in [0.25, 0.3) is 5.91 Å². The Balaban J connectivity index is 2.16. The monoisotopic (exact) mass is 403 g/mol. The number of unbranched alkanes of at least 4 members (excludes halogenated alkanes) is 9. The van der Waals surface area contributed by atoms with Crippen molar-refractivity contribution in [2.75, 3.05) is 20.2 Å². The van der Waals surface area contributed by atoms with E-state index in [0.717, 1.165) is 32.1 Å². The third-order valence-electron chi connectivity index (χ3n) is 5.24. The van der Waals surface area contributed by atoms with Gasteiger partial charge in [-0.05, 0) is 37.0 Å². The number of likely N-dealkylation sites (N-methyl/N-ethyl adjacent to an activating group) is 1. The maximum Gasteiger partial charge on any atom is 0.325 e. The van der Waals surface area contributed by atoms with Gasteiger partial charge < -0.3 is 9.64 Å². The standard InChI is InChI=1S/C25H41NO3/c1-4-6-8-9-10-11-12-13-14-20-29-24(27)21-26(3)25(28)23-18-16-22(17-19-23)15-7-5-2/h16-19H,4-15,20-21H2,1-3H3. The molecule has 0 radical (unpaired) electrons. The Morgan fingerprint density at radius 3 is 1.93 bits per heavy atom. The van der Waals surface area contributed by atoms with E-state index in [1.165, 1.54) is 55.4 Å². The number of aryl methyl sites for hydroxylation is 1. The van der Waals surface area contributed by atoms with Crippen LogP contribution in [0.1, 0.15) is 100 Å². The summed E-state index contributed by atoms with van der Waals surface area (Å²) in [5.74, 6) is -0.480. The minimum absolute atomic E-state index is 0.00610. The van der Waals surface area contributed by atoms with Crippen LogP contribution < -0.4 is 0 Å². The number of hydrogen-bond donors (Lipinski definition) is 0. The van der Waals surface area contributed by atoms with E-state index in [2.05, 4.69) is 13.8 Å². The summed E-state index contributed by atoms with van der Waals surface area (Å²) in [7, 11) is 1.65. The molecule has 0 aliphatic rings. The SMILES string of the molecule is CCCCCCCCCCCOC(=O)CN(C)C(=O)c1ccc(CCCC)cc1. The molecular weight excluding hydrogens is 362 g/mol. The molecule has 0 fully saturated rings. The van der Waals surface area contributed by atoms with E-state index in [1.54, 1.807) is 7.05 Å².